The number of carbonyl (C=O) groups excluding carboxylic acids is 2. The zero-order chi connectivity index (χ0) is 16.4. The second-order valence-electron chi connectivity index (χ2n) is 5.54. The van der Waals surface area contributed by atoms with E-state index in [0.717, 1.165) is 17.1 Å². The molecule has 1 unspecified atom stereocenters. The standard InChI is InChI=1S/C16H18N4O2S/c1-3-11-4-6-13(7-5-11)20-9-12(8-14(20)21)15(22)17-16-19-18-10(2)23-16/h4-7,12H,3,8-9H2,1-2H3,(H,17,19,22). The largest absolute Gasteiger partial charge is 0.312 e. The molecule has 7 heteroatoms. The van der Waals surface area contributed by atoms with Crippen LogP contribution in [0.3, 0.4) is 0 Å². The number of hydrogen-bond donors (Lipinski definition) is 1. The van der Waals surface area contributed by atoms with Crippen molar-refractivity contribution in [1.29, 1.82) is 0 Å². The molecule has 1 aliphatic heterocycles. The van der Waals surface area contributed by atoms with Gasteiger partial charge < -0.3 is 10.2 Å². The van der Waals surface area contributed by atoms with E-state index in [-0.39, 0.29) is 24.2 Å². The van der Waals surface area contributed by atoms with E-state index >= 15 is 0 Å². The van der Waals surface area contributed by atoms with E-state index in [4.69, 9.17) is 0 Å². The van der Waals surface area contributed by atoms with Gasteiger partial charge in [0.2, 0.25) is 16.9 Å². The van der Waals surface area contributed by atoms with Crippen molar-refractivity contribution >= 4 is 34.0 Å². The Morgan fingerprint density at radius 3 is 2.70 bits per heavy atom. The predicted octanol–water partition coefficient (Wildman–Crippen LogP) is 2.40. The molecule has 0 saturated carbocycles. The maximum atomic E-state index is 12.3. The monoisotopic (exact) mass is 330 g/mol. The first-order chi connectivity index (χ1) is 11.1. The predicted molar refractivity (Wildman–Crippen MR) is 89.6 cm³/mol. The Hall–Kier alpha value is -2.28. The smallest absolute Gasteiger partial charge is 0.231 e. The molecule has 120 valence electrons. The van der Waals surface area contributed by atoms with Gasteiger partial charge in [0.25, 0.3) is 0 Å². The number of aromatic nitrogens is 2. The van der Waals surface area contributed by atoms with Crippen LogP contribution in [0.25, 0.3) is 0 Å². The zero-order valence-corrected chi connectivity index (χ0v) is 13.9. The topological polar surface area (TPSA) is 75.2 Å². The average molecular weight is 330 g/mol. The maximum Gasteiger partial charge on any atom is 0.231 e. The third-order valence-electron chi connectivity index (χ3n) is 3.91. The van der Waals surface area contributed by atoms with Crippen molar-refractivity contribution in [2.75, 3.05) is 16.8 Å². The highest BCUT2D eigenvalue weighted by Crippen LogP contribution is 2.26. The van der Waals surface area contributed by atoms with Crippen LogP contribution >= 0.6 is 11.3 Å². The van der Waals surface area contributed by atoms with Gasteiger partial charge in [0.05, 0.1) is 5.92 Å². The normalized spacial score (nSPS) is 17.6. The van der Waals surface area contributed by atoms with Crippen molar-refractivity contribution in [3.05, 3.63) is 34.8 Å². The van der Waals surface area contributed by atoms with Crippen molar-refractivity contribution in [2.24, 2.45) is 5.92 Å². The summed E-state index contributed by atoms with van der Waals surface area (Å²) in [6.07, 6.45) is 1.18. The van der Waals surface area contributed by atoms with E-state index < -0.39 is 0 Å². The van der Waals surface area contributed by atoms with Crippen molar-refractivity contribution in [3.8, 4) is 0 Å². The Labute approximate surface area is 138 Å². The molecule has 6 nitrogen and oxygen atoms in total. The second-order valence-corrected chi connectivity index (χ2v) is 6.72. The van der Waals surface area contributed by atoms with E-state index in [0.29, 0.717) is 11.7 Å². The molecule has 1 saturated heterocycles. The number of carbonyl (C=O) groups is 2. The first-order valence-corrected chi connectivity index (χ1v) is 8.38. The van der Waals surface area contributed by atoms with Crippen LogP contribution in [0.1, 0.15) is 23.9 Å². The Morgan fingerprint density at radius 2 is 2.09 bits per heavy atom. The number of anilines is 2. The van der Waals surface area contributed by atoms with E-state index in [1.807, 2.05) is 31.2 Å². The summed E-state index contributed by atoms with van der Waals surface area (Å²) in [6, 6.07) is 7.90. The lowest BCUT2D eigenvalue weighted by molar-refractivity contribution is -0.122. The van der Waals surface area contributed by atoms with Crippen LogP contribution < -0.4 is 10.2 Å². The van der Waals surface area contributed by atoms with Crippen LogP contribution in [0, 0.1) is 12.8 Å². The summed E-state index contributed by atoms with van der Waals surface area (Å²) >= 11 is 1.32. The summed E-state index contributed by atoms with van der Waals surface area (Å²) in [6.45, 7) is 4.31. The maximum absolute atomic E-state index is 12.3. The van der Waals surface area contributed by atoms with Gasteiger partial charge in [-0.05, 0) is 31.0 Å². The van der Waals surface area contributed by atoms with Gasteiger partial charge in [-0.2, -0.15) is 0 Å². The van der Waals surface area contributed by atoms with Crippen LogP contribution in [0.4, 0.5) is 10.8 Å². The summed E-state index contributed by atoms with van der Waals surface area (Å²) in [5, 5.41) is 11.8. The molecule has 0 spiro atoms. The molecule has 1 aromatic heterocycles. The Morgan fingerprint density at radius 1 is 1.35 bits per heavy atom. The molecular weight excluding hydrogens is 312 g/mol. The third-order valence-corrected chi connectivity index (χ3v) is 4.66. The minimum absolute atomic E-state index is 0.0251. The van der Waals surface area contributed by atoms with Crippen LogP contribution in [-0.2, 0) is 16.0 Å². The molecule has 3 rings (SSSR count). The number of nitrogens with zero attached hydrogens (tertiary/aromatic N) is 3. The average Bonchev–Trinajstić information content (AvgIpc) is 3.13. The van der Waals surface area contributed by atoms with Crippen molar-refractivity contribution in [3.63, 3.8) is 0 Å². The van der Waals surface area contributed by atoms with E-state index in [1.54, 1.807) is 4.90 Å². The van der Waals surface area contributed by atoms with Crippen molar-refractivity contribution in [1.82, 2.24) is 10.2 Å². The summed E-state index contributed by atoms with van der Waals surface area (Å²) in [5.41, 5.74) is 2.07. The van der Waals surface area contributed by atoms with Crippen molar-refractivity contribution in [2.45, 2.75) is 26.7 Å². The minimum Gasteiger partial charge on any atom is -0.312 e. The quantitative estimate of drug-likeness (QED) is 0.934. The summed E-state index contributed by atoms with van der Waals surface area (Å²) < 4.78 is 0. The van der Waals surface area contributed by atoms with Crippen LogP contribution in [0.15, 0.2) is 24.3 Å². The zero-order valence-electron chi connectivity index (χ0n) is 13.1. The van der Waals surface area contributed by atoms with Gasteiger partial charge in [-0.25, -0.2) is 0 Å². The van der Waals surface area contributed by atoms with Gasteiger partial charge in [0.1, 0.15) is 5.01 Å². The summed E-state index contributed by atoms with van der Waals surface area (Å²) in [5.74, 6) is -0.567. The Kier molecular flexibility index (Phi) is 4.38. The lowest BCUT2D eigenvalue weighted by atomic mass is 10.1. The minimum atomic E-state index is -0.363. The molecule has 2 aromatic rings. The summed E-state index contributed by atoms with van der Waals surface area (Å²) in [7, 11) is 0. The fraction of sp³-hybridized carbons (Fsp3) is 0.375. The molecule has 2 heterocycles. The fourth-order valence-electron chi connectivity index (χ4n) is 2.60. The highest BCUT2D eigenvalue weighted by Gasteiger charge is 2.35. The summed E-state index contributed by atoms with van der Waals surface area (Å²) in [4.78, 5) is 26.2. The highest BCUT2D eigenvalue weighted by atomic mass is 32.1. The Bertz CT molecular complexity index is 726. The van der Waals surface area contributed by atoms with Gasteiger partial charge in [-0.3, -0.25) is 9.59 Å². The third kappa shape index (κ3) is 3.39. The lowest BCUT2D eigenvalue weighted by Crippen LogP contribution is -2.28. The molecule has 0 bridgehead atoms. The number of rotatable bonds is 4. The van der Waals surface area contributed by atoms with Gasteiger partial charge in [-0.1, -0.05) is 30.4 Å². The molecule has 1 fully saturated rings. The molecule has 1 N–H and O–H groups in total. The lowest BCUT2D eigenvalue weighted by Gasteiger charge is -2.16. The molecule has 23 heavy (non-hydrogen) atoms. The molecule has 0 aliphatic carbocycles. The molecule has 1 aromatic carbocycles. The number of amides is 2. The molecule has 1 aliphatic rings. The van der Waals surface area contributed by atoms with Crippen molar-refractivity contribution < 1.29 is 9.59 Å². The molecule has 0 radical (unpaired) electrons. The van der Waals surface area contributed by atoms with Gasteiger partial charge in [0.15, 0.2) is 0 Å². The molecule has 1 atom stereocenters. The molecular formula is C16H18N4O2S. The van der Waals surface area contributed by atoms with Crippen LogP contribution in [0.2, 0.25) is 0 Å². The highest BCUT2D eigenvalue weighted by molar-refractivity contribution is 7.15. The van der Waals surface area contributed by atoms with E-state index in [1.165, 1.54) is 16.9 Å². The van der Waals surface area contributed by atoms with Gasteiger partial charge in [0, 0.05) is 18.7 Å². The number of hydrogen-bond acceptors (Lipinski definition) is 5. The first kappa shape index (κ1) is 15.6. The van der Waals surface area contributed by atoms with E-state index in [9.17, 15) is 9.59 Å². The first-order valence-electron chi connectivity index (χ1n) is 7.57. The second kappa shape index (κ2) is 6.45. The molecule has 2 amide bonds. The Balaban J connectivity index is 1.67. The SMILES string of the molecule is CCc1ccc(N2CC(C(=O)Nc3nnc(C)s3)CC2=O)cc1. The fourth-order valence-corrected chi connectivity index (χ4v) is 3.19. The van der Waals surface area contributed by atoms with E-state index in [2.05, 4.69) is 22.4 Å². The number of benzene rings is 1. The van der Waals surface area contributed by atoms with Crippen LogP contribution in [0.5, 0.6) is 0 Å². The van der Waals surface area contributed by atoms with Gasteiger partial charge >= 0.3 is 0 Å². The number of aryl methyl sites for hydroxylation is 2. The van der Waals surface area contributed by atoms with Gasteiger partial charge in [-0.15, -0.1) is 10.2 Å². The van der Waals surface area contributed by atoms with Crippen LogP contribution in [-0.4, -0.2) is 28.6 Å². The number of nitrogens with one attached hydrogen (secondary N) is 1.